The summed E-state index contributed by atoms with van der Waals surface area (Å²) in [6.07, 6.45) is 0. The normalized spacial score (nSPS) is 9.57. The van der Waals surface area contributed by atoms with Crippen LogP contribution in [0.1, 0.15) is 26.5 Å². The number of carbonyl (C=O) groups is 2. The Morgan fingerprint density at radius 2 is 2.07 bits per heavy atom. The lowest BCUT2D eigenvalue weighted by Gasteiger charge is -2.01. The Balaban J connectivity index is 3.20. The number of ether oxygens (including phenoxy) is 1. The molecule has 0 aromatic carbocycles. The second kappa shape index (κ2) is 3.87. The first-order valence-electron chi connectivity index (χ1n) is 3.85. The fourth-order valence-corrected chi connectivity index (χ4v) is 1.00. The van der Waals surface area contributed by atoms with E-state index in [0.29, 0.717) is 5.69 Å². The zero-order chi connectivity index (χ0) is 10.7. The fraction of sp³-hybridized carbons (Fsp3) is 0.222. The van der Waals surface area contributed by atoms with Gasteiger partial charge in [0.15, 0.2) is 0 Å². The van der Waals surface area contributed by atoms with E-state index in [2.05, 4.69) is 9.72 Å². The number of esters is 1. The maximum atomic E-state index is 11.1. The van der Waals surface area contributed by atoms with Crippen LogP contribution in [-0.4, -0.2) is 29.1 Å². The summed E-state index contributed by atoms with van der Waals surface area (Å²) in [6, 6.07) is 2.57. The highest BCUT2D eigenvalue weighted by atomic mass is 16.5. The average molecular weight is 195 g/mol. The highest BCUT2D eigenvalue weighted by Crippen LogP contribution is 2.06. The summed E-state index contributed by atoms with van der Waals surface area (Å²) in [7, 11) is 1.22. The monoisotopic (exact) mass is 195 g/mol. The van der Waals surface area contributed by atoms with Gasteiger partial charge in [-0.05, 0) is 19.1 Å². The van der Waals surface area contributed by atoms with Gasteiger partial charge in [0, 0.05) is 5.69 Å². The lowest BCUT2D eigenvalue weighted by molar-refractivity contribution is 0.0593. The zero-order valence-electron chi connectivity index (χ0n) is 7.77. The van der Waals surface area contributed by atoms with Gasteiger partial charge in [-0.3, -0.25) is 0 Å². The minimum Gasteiger partial charge on any atom is -0.478 e. The Morgan fingerprint density at radius 1 is 1.43 bits per heavy atom. The van der Waals surface area contributed by atoms with Crippen molar-refractivity contribution >= 4 is 11.9 Å². The van der Waals surface area contributed by atoms with E-state index in [1.54, 1.807) is 6.92 Å². The molecule has 5 nitrogen and oxygen atoms in total. The van der Waals surface area contributed by atoms with Crippen molar-refractivity contribution in [2.24, 2.45) is 0 Å². The number of rotatable bonds is 2. The van der Waals surface area contributed by atoms with Crippen molar-refractivity contribution in [3.05, 3.63) is 29.1 Å². The molecule has 0 saturated heterocycles. The van der Waals surface area contributed by atoms with Crippen LogP contribution >= 0.6 is 0 Å². The molecule has 0 saturated carbocycles. The number of carboxylic acids is 1. The Kier molecular flexibility index (Phi) is 2.81. The van der Waals surface area contributed by atoms with Crippen LogP contribution in [0.25, 0.3) is 0 Å². The summed E-state index contributed by atoms with van der Waals surface area (Å²) >= 11 is 0. The number of pyridine rings is 1. The third-order valence-corrected chi connectivity index (χ3v) is 1.59. The van der Waals surface area contributed by atoms with Crippen LogP contribution in [0.15, 0.2) is 12.1 Å². The minimum absolute atomic E-state index is 0.00454. The number of aromatic nitrogens is 1. The summed E-state index contributed by atoms with van der Waals surface area (Å²) in [5.74, 6) is -1.74. The molecule has 0 fully saturated rings. The van der Waals surface area contributed by atoms with Gasteiger partial charge in [0.2, 0.25) is 0 Å². The van der Waals surface area contributed by atoms with Crippen molar-refractivity contribution < 1.29 is 19.4 Å². The molecule has 14 heavy (non-hydrogen) atoms. The first-order chi connectivity index (χ1) is 6.54. The van der Waals surface area contributed by atoms with Crippen LogP contribution in [0, 0.1) is 6.92 Å². The average Bonchev–Trinajstić information content (AvgIpc) is 2.15. The molecule has 0 aliphatic heterocycles. The van der Waals surface area contributed by atoms with Crippen molar-refractivity contribution in [2.75, 3.05) is 7.11 Å². The van der Waals surface area contributed by atoms with Gasteiger partial charge in [-0.15, -0.1) is 0 Å². The summed E-state index contributed by atoms with van der Waals surface area (Å²) in [5.41, 5.74) is 0.494. The molecule has 1 rings (SSSR count). The van der Waals surface area contributed by atoms with E-state index in [-0.39, 0.29) is 11.3 Å². The maximum absolute atomic E-state index is 11.1. The largest absolute Gasteiger partial charge is 0.478 e. The van der Waals surface area contributed by atoms with E-state index >= 15 is 0 Å². The topological polar surface area (TPSA) is 76.5 Å². The van der Waals surface area contributed by atoms with E-state index in [9.17, 15) is 9.59 Å². The third kappa shape index (κ3) is 2.07. The number of hydrogen-bond donors (Lipinski definition) is 1. The third-order valence-electron chi connectivity index (χ3n) is 1.59. The molecule has 0 radical (unpaired) electrons. The quantitative estimate of drug-likeness (QED) is 0.708. The first-order valence-corrected chi connectivity index (χ1v) is 3.85. The predicted octanol–water partition coefficient (Wildman–Crippen LogP) is 0.875. The van der Waals surface area contributed by atoms with Crippen LogP contribution in [-0.2, 0) is 4.74 Å². The Labute approximate surface area is 80.3 Å². The highest BCUT2D eigenvalue weighted by molar-refractivity contribution is 5.93. The van der Waals surface area contributed by atoms with Crippen molar-refractivity contribution in [2.45, 2.75) is 6.92 Å². The molecule has 1 aromatic heterocycles. The van der Waals surface area contributed by atoms with Gasteiger partial charge < -0.3 is 9.84 Å². The van der Waals surface area contributed by atoms with Crippen molar-refractivity contribution in [1.82, 2.24) is 4.98 Å². The van der Waals surface area contributed by atoms with Gasteiger partial charge in [0.25, 0.3) is 0 Å². The zero-order valence-corrected chi connectivity index (χ0v) is 7.77. The number of nitrogens with zero attached hydrogens (tertiary/aromatic N) is 1. The van der Waals surface area contributed by atoms with Crippen LogP contribution in [0.5, 0.6) is 0 Å². The molecular formula is C9H9NO4. The summed E-state index contributed by atoms with van der Waals surface area (Å²) in [4.78, 5) is 25.5. The van der Waals surface area contributed by atoms with Gasteiger partial charge in [-0.1, -0.05) is 0 Å². The van der Waals surface area contributed by atoms with E-state index in [1.807, 2.05) is 0 Å². The van der Waals surface area contributed by atoms with Crippen LogP contribution < -0.4 is 0 Å². The second-order valence-corrected chi connectivity index (χ2v) is 2.68. The molecule has 0 aliphatic carbocycles. The molecule has 0 amide bonds. The molecule has 0 bridgehead atoms. The Bertz CT molecular complexity index is 386. The van der Waals surface area contributed by atoms with Crippen LogP contribution in [0.4, 0.5) is 0 Å². The fourth-order valence-electron chi connectivity index (χ4n) is 1.00. The molecule has 0 unspecified atom stereocenters. The number of hydrogen-bond acceptors (Lipinski definition) is 4. The second-order valence-electron chi connectivity index (χ2n) is 2.68. The molecule has 5 heteroatoms. The van der Waals surface area contributed by atoms with Gasteiger partial charge >= 0.3 is 11.9 Å². The molecule has 1 aromatic rings. The lowest BCUT2D eigenvalue weighted by atomic mass is 10.2. The number of carbonyl (C=O) groups excluding carboxylic acids is 1. The first kappa shape index (κ1) is 10.2. The van der Waals surface area contributed by atoms with Gasteiger partial charge in [0.1, 0.15) is 5.69 Å². The summed E-state index contributed by atoms with van der Waals surface area (Å²) in [5, 5.41) is 8.71. The molecule has 0 atom stereocenters. The SMILES string of the molecule is COC(=O)c1cc(C(=O)O)cc(C)n1. The van der Waals surface area contributed by atoms with Gasteiger partial charge in [-0.25, -0.2) is 14.6 Å². The molecule has 0 aliphatic rings. The van der Waals surface area contributed by atoms with Crippen molar-refractivity contribution in [3.63, 3.8) is 0 Å². The predicted molar refractivity (Wildman–Crippen MR) is 47.3 cm³/mol. The Hall–Kier alpha value is -1.91. The maximum Gasteiger partial charge on any atom is 0.356 e. The number of aromatic carboxylic acids is 1. The molecule has 1 heterocycles. The summed E-state index contributed by atoms with van der Waals surface area (Å²) in [6.45, 7) is 1.61. The van der Waals surface area contributed by atoms with Crippen LogP contribution in [0.3, 0.4) is 0 Å². The van der Waals surface area contributed by atoms with Crippen molar-refractivity contribution in [3.8, 4) is 0 Å². The molecular weight excluding hydrogens is 186 g/mol. The van der Waals surface area contributed by atoms with Gasteiger partial charge in [-0.2, -0.15) is 0 Å². The minimum atomic E-state index is -1.10. The van der Waals surface area contributed by atoms with E-state index < -0.39 is 11.9 Å². The van der Waals surface area contributed by atoms with Gasteiger partial charge in [0.05, 0.1) is 12.7 Å². The van der Waals surface area contributed by atoms with Crippen molar-refractivity contribution in [1.29, 1.82) is 0 Å². The molecule has 74 valence electrons. The molecule has 1 N–H and O–H groups in total. The Morgan fingerprint density at radius 3 is 2.57 bits per heavy atom. The van der Waals surface area contributed by atoms with E-state index in [4.69, 9.17) is 5.11 Å². The summed E-state index contributed by atoms with van der Waals surface area (Å²) < 4.78 is 4.43. The van der Waals surface area contributed by atoms with E-state index in [0.717, 1.165) is 0 Å². The lowest BCUT2D eigenvalue weighted by Crippen LogP contribution is -2.08. The van der Waals surface area contributed by atoms with Crippen LogP contribution in [0.2, 0.25) is 0 Å². The highest BCUT2D eigenvalue weighted by Gasteiger charge is 2.12. The number of aryl methyl sites for hydroxylation is 1. The molecule has 0 spiro atoms. The number of carboxylic acid groups (broad SMARTS) is 1. The number of methoxy groups -OCH3 is 1. The standard InChI is InChI=1S/C9H9NO4/c1-5-3-6(8(11)12)4-7(10-5)9(13)14-2/h3-4H,1-2H3,(H,11,12). The van der Waals surface area contributed by atoms with E-state index in [1.165, 1.54) is 19.2 Å². The smallest absolute Gasteiger partial charge is 0.356 e.